The Morgan fingerprint density at radius 1 is 1.19 bits per heavy atom. The number of amides is 2. The van der Waals surface area contributed by atoms with Gasteiger partial charge in [0.05, 0.1) is 13.1 Å². The number of nitrogens with one attached hydrogen (secondary N) is 1. The van der Waals surface area contributed by atoms with Gasteiger partial charge < -0.3 is 19.3 Å². The number of carbonyl (C=O) groups is 2. The summed E-state index contributed by atoms with van der Waals surface area (Å²) in [6.07, 6.45) is -3.46. The molecule has 0 spiro atoms. The van der Waals surface area contributed by atoms with E-state index < -0.39 is 18.6 Å². The van der Waals surface area contributed by atoms with Crippen molar-refractivity contribution in [1.82, 2.24) is 10.5 Å². The van der Waals surface area contributed by atoms with Crippen LogP contribution in [0.1, 0.15) is 24.5 Å². The number of alkyl halides is 3. The molecular weight excluding hydrogens is 479 g/mol. The summed E-state index contributed by atoms with van der Waals surface area (Å²) < 4.78 is 52.4. The van der Waals surface area contributed by atoms with Gasteiger partial charge >= 0.3 is 12.5 Å². The van der Waals surface area contributed by atoms with Crippen LogP contribution in [0.3, 0.4) is 0 Å². The van der Waals surface area contributed by atoms with E-state index in [1.807, 2.05) is 12.1 Å². The molecule has 11 heteroatoms. The Kier molecular flexibility index (Phi) is 6.07. The van der Waals surface area contributed by atoms with Crippen LogP contribution in [0.2, 0.25) is 0 Å². The molecule has 0 radical (unpaired) electrons. The summed E-state index contributed by atoms with van der Waals surface area (Å²) in [6, 6.07) is 11.1. The minimum Gasteiger partial charge on any atom is -0.442 e. The smallest absolute Gasteiger partial charge is 0.442 e. The summed E-state index contributed by atoms with van der Waals surface area (Å²) in [6.45, 7) is 1.97. The van der Waals surface area contributed by atoms with E-state index in [1.54, 1.807) is 6.07 Å². The largest absolute Gasteiger partial charge is 0.573 e. The third-order valence-corrected chi connectivity index (χ3v) is 6.12. The number of rotatable bonds is 5. The van der Waals surface area contributed by atoms with Crippen LogP contribution in [0.25, 0.3) is 22.6 Å². The molecule has 8 nitrogen and oxygen atoms in total. The SMILES string of the molecule is CC(=O)NCC1CN(c2ccc3c(c2)CCCc2c(-c4ccc(OC(F)(F)F)cc4)noc2-3)C(=O)O1. The molecule has 2 aliphatic rings. The molecule has 0 saturated carbocycles. The molecule has 1 aliphatic carbocycles. The van der Waals surface area contributed by atoms with E-state index in [-0.39, 0.29) is 18.2 Å². The first-order valence-electron chi connectivity index (χ1n) is 11.4. The maximum atomic E-state index is 12.5. The molecule has 3 aromatic rings. The van der Waals surface area contributed by atoms with Crippen molar-refractivity contribution in [2.24, 2.45) is 0 Å². The number of carbonyl (C=O) groups excluding carboxylic acids is 2. The molecule has 188 valence electrons. The van der Waals surface area contributed by atoms with Crippen LogP contribution in [-0.4, -0.2) is 42.7 Å². The van der Waals surface area contributed by atoms with Crippen molar-refractivity contribution in [2.75, 3.05) is 18.0 Å². The number of benzene rings is 2. The van der Waals surface area contributed by atoms with E-state index in [9.17, 15) is 22.8 Å². The minimum absolute atomic E-state index is 0.192. The minimum atomic E-state index is -4.76. The fourth-order valence-electron chi connectivity index (χ4n) is 4.52. The molecule has 1 aliphatic heterocycles. The van der Waals surface area contributed by atoms with Crippen molar-refractivity contribution in [3.63, 3.8) is 0 Å². The number of nitrogens with zero attached hydrogens (tertiary/aromatic N) is 2. The van der Waals surface area contributed by atoms with Gasteiger partial charge in [0, 0.05) is 29.3 Å². The van der Waals surface area contributed by atoms with Crippen molar-refractivity contribution < 1.29 is 36.8 Å². The lowest BCUT2D eigenvalue weighted by Crippen LogP contribution is -2.33. The zero-order valence-electron chi connectivity index (χ0n) is 19.2. The zero-order valence-corrected chi connectivity index (χ0v) is 19.2. The fraction of sp³-hybridized carbons (Fsp3) is 0.320. The molecule has 2 aromatic carbocycles. The highest BCUT2D eigenvalue weighted by Crippen LogP contribution is 2.40. The van der Waals surface area contributed by atoms with Crippen LogP contribution in [0.4, 0.5) is 23.7 Å². The number of hydrogen-bond donors (Lipinski definition) is 1. The summed E-state index contributed by atoms with van der Waals surface area (Å²) in [5.41, 5.74) is 4.60. The molecule has 1 saturated heterocycles. The fourth-order valence-corrected chi connectivity index (χ4v) is 4.52. The number of hydrogen-bond acceptors (Lipinski definition) is 6. The van der Waals surface area contributed by atoms with Gasteiger partial charge in [0.1, 0.15) is 17.5 Å². The third-order valence-electron chi connectivity index (χ3n) is 6.12. The van der Waals surface area contributed by atoms with Crippen LogP contribution in [0, 0.1) is 0 Å². The number of halogens is 3. The number of aromatic nitrogens is 1. The molecule has 36 heavy (non-hydrogen) atoms. The molecular formula is C25H22F3N3O5. The average molecular weight is 501 g/mol. The zero-order chi connectivity index (χ0) is 25.4. The molecule has 2 heterocycles. The van der Waals surface area contributed by atoms with E-state index >= 15 is 0 Å². The number of anilines is 1. The maximum absolute atomic E-state index is 12.5. The van der Waals surface area contributed by atoms with E-state index in [0.29, 0.717) is 35.7 Å². The molecule has 1 N–H and O–H groups in total. The third kappa shape index (κ3) is 4.86. The molecule has 5 rings (SSSR count). The van der Waals surface area contributed by atoms with Gasteiger partial charge in [-0.05, 0) is 67.3 Å². The maximum Gasteiger partial charge on any atom is 0.573 e. The van der Waals surface area contributed by atoms with Gasteiger partial charge in [0.15, 0.2) is 5.76 Å². The van der Waals surface area contributed by atoms with Crippen molar-refractivity contribution in [3.05, 3.63) is 53.6 Å². The first-order chi connectivity index (χ1) is 17.2. The van der Waals surface area contributed by atoms with Gasteiger partial charge in [-0.2, -0.15) is 0 Å². The van der Waals surface area contributed by atoms with Crippen LogP contribution in [0.15, 0.2) is 47.0 Å². The molecule has 0 bridgehead atoms. The Labute approximate surface area is 204 Å². The lowest BCUT2D eigenvalue weighted by atomic mass is 10.00. The van der Waals surface area contributed by atoms with Crippen molar-refractivity contribution in [1.29, 1.82) is 0 Å². The normalized spacial score (nSPS) is 17.2. The van der Waals surface area contributed by atoms with E-state index in [4.69, 9.17) is 9.26 Å². The topological polar surface area (TPSA) is 93.9 Å². The van der Waals surface area contributed by atoms with Gasteiger partial charge in [0.2, 0.25) is 5.91 Å². The van der Waals surface area contributed by atoms with Gasteiger partial charge in [-0.25, -0.2) is 4.79 Å². The van der Waals surface area contributed by atoms with Crippen molar-refractivity contribution in [3.8, 4) is 28.3 Å². The quantitative estimate of drug-likeness (QED) is 0.537. The Bertz CT molecular complexity index is 1300. The van der Waals surface area contributed by atoms with Gasteiger partial charge in [-0.1, -0.05) is 5.16 Å². The number of fused-ring (bicyclic) bond motifs is 3. The van der Waals surface area contributed by atoms with Gasteiger partial charge in [0.25, 0.3) is 0 Å². The summed E-state index contributed by atoms with van der Waals surface area (Å²) in [5.74, 6) is 0.105. The first kappa shape index (κ1) is 23.7. The van der Waals surface area contributed by atoms with Gasteiger partial charge in [-0.15, -0.1) is 13.2 Å². The monoisotopic (exact) mass is 501 g/mol. The predicted octanol–water partition coefficient (Wildman–Crippen LogP) is 4.86. The van der Waals surface area contributed by atoms with Crippen LogP contribution in [-0.2, 0) is 22.4 Å². The predicted molar refractivity (Wildman–Crippen MR) is 122 cm³/mol. The second-order valence-corrected chi connectivity index (χ2v) is 8.66. The van der Waals surface area contributed by atoms with Crippen LogP contribution in [0.5, 0.6) is 5.75 Å². The summed E-state index contributed by atoms with van der Waals surface area (Å²) in [7, 11) is 0. The number of cyclic esters (lactones) is 1. The standard InChI is InChI=1S/C25H22F3N3O5/c1-14(32)29-12-19-13-31(24(33)34-19)17-7-10-20-16(11-17)3-2-4-21-22(30-36-23(20)21)15-5-8-18(9-6-15)35-25(26,27)28/h5-11,19H,2-4,12-13H2,1H3,(H,29,32). The molecule has 2 amide bonds. The van der Waals surface area contributed by atoms with E-state index in [2.05, 4.69) is 15.2 Å². The van der Waals surface area contributed by atoms with E-state index in [1.165, 1.54) is 36.1 Å². The van der Waals surface area contributed by atoms with Crippen LogP contribution < -0.4 is 15.0 Å². The van der Waals surface area contributed by atoms with Crippen LogP contribution >= 0.6 is 0 Å². The highest BCUT2D eigenvalue weighted by atomic mass is 19.4. The average Bonchev–Trinajstić information content (AvgIpc) is 3.35. The second kappa shape index (κ2) is 9.21. The molecule has 1 unspecified atom stereocenters. The van der Waals surface area contributed by atoms with Gasteiger partial charge in [-0.3, -0.25) is 9.69 Å². The number of aryl methyl sites for hydroxylation is 1. The van der Waals surface area contributed by atoms with Crippen molar-refractivity contribution in [2.45, 2.75) is 38.7 Å². The highest BCUT2D eigenvalue weighted by molar-refractivity contribution is 5.90. The first-order valence-corrected chi connectivity index (χ1v) is 11.4. The molecule has 1 aromatic heterocycles. The summed E-state index contributed by atoms with van der Waals surface area (Å²) in [4.78, 5) is 25.1. The Balaban J connectivity index is 1.39. The Morgan fingerprint density at radius 3 is 2.69 bits per heavy atom. The molecule has 1 fully saturated rings. The Hall–Kier alpha value is -4.02. The lowest BCUT2D eigenvalue weighted by Gasteiger charge is -2.15. The second-order valence-electron chi connectivity index (χ2n) is 8.66. The number of ether oxygens (including phenoxy) is 2. The summed E-state index contributed by atoms with van der Waals surface area (Å²) >= 11 is 0. The van der Waals surface area contributed by atoms with Crippen molar-refractivity contribution >= 4 is 17.7 Å². The molecule has 1 atom stereocenters. The summed E-state index contributed by atoms with van der Waals surface area (Å²) in [5, 5.41) is 6.87. The Morgan fingerprint density at radius 2 is 1.97 bits per heavy atom. The lowest BCUT2D eigenvalue weighted by molar-refractivity contribution is -0.274. The van der Waals surface area contributed by atoms with E-state index in [0.717, 1.165) is 29.5 Å². The highest BCUT2D eigenvalue weighted by Gasteiger charge is 2.34.